The lowest BCUT2D eigenvalue weighted by atomic mass is 10.0. The fourth-order valence-electron chi connectivity index (χ4n) is 3.63. The van der Waals surface area contributed by atoms with Gasteiger partial charge in [0.1, 0.15) is 17.1 Å². The number of benzene rings is 1. The van der Waals surface area contributed by atoms with Crippen LogP contribution in [0.15, 0.2) is 58.4 Å². The minimum Gasteiger partial charge on any atom is -0.454 e. The van der Waals surface area contributed by atoms with Crippen molar-refractivity contribution in [2.45, 2.75) is 33.2 Å². The second-order valence-corrected chi connectivity index (χ2v) is 8.08. The molecule has 0 saturated carbocycles. The lowest BCUT2D eigenvalue weighted by Crippen LogP contribution is -2.39. The van der Waals surface area contributed by atoms with Crippen molar-refractivity contribution in [1.82, 2.24) is 19.1 Å². The van der Waals surface area contributed by atoms with E-state index in [1.807, 2.05) is 38.1 Å². The largest absolute Gasteiger partial charge is 0.454 e. The maximum atomic E-state index is 13.4. The van der Waals surface area contributed by atoms with Crippen LogP contribution in [-0.4, -0.2) is 19.1 Å². The number of hydrogen-bond donors (Lipinski definition) is 0. The van der Waals surface area contributed by atoms with E-state index in [1.165, 1.54) is 9.13 Å². The van der Waals surface area contributed by atoms with Crippen molar-refractivity contribution in [1.29, 1.82) is 0 Å². The van der Waals surface area contributed by atoms with E-state index in [-0.39, 0.29) is 11.2 Å². The predicted octanol–water partition coefficient (Wildman–Crippen LogP) is 4.25. The van der Waals surface area contributed by atoms with Gasteiger partial charge in [0, 0.05) is 36.3 Å². The molecule has 1 aromatic carbocycles. The van der Waals surface area contributed by atoms with E-state index in [4.69, 9.17) is 16.3 Å². The van der Waals surface area contributed by atoms with Gasteiger partial charge in [0.2, 0.25) is 0 Å². The van der Waals surface area contributed by atoms with Gasteiger partial charge >= 0.3 is 5.69 Å². The highest BCUT2D eigenvalue weighted by Gasteiger charge is 2.20. The number of rotatable bonds is 6. The Morgan fingerprint density at radius 1 is 1.03 bits per heavy atom. The van der Waals surface area contributed by atoms with Gasteiger partial charge in [-0.3, -0.25) is 18.9 Å². The molecule has 0 fully saturated rings. The first-order valence-electron chi connectivity index (χ1n) is 10.4. The van der Waals surface area contributed by atoms with Gasteiger partial charge in [0.15, 0.2) is 0 Å². The lowest BCUT2D eigenvalue weighted by Gasteiger charge is -2.16. The summed E-state index contributed by atoms with van der Waals surface area (Å²) in [6.07, 6.45) is 4.24. The molecule has 0 amide bonds. The van der Waals surface area contributed by atoms with Gasteiger partial charge in [-0.25, -0.2) is 9.78 Å². The third kappa shape index (κ3) is 4.16. The fraction of sp³-hybridized carbons (Fsp3) is 0.250. The number of halogens is 1. The lowest BCUT2D eigenvalue weighted by molar-refractivity contribution is 0.473. The van der Waals surface area contributed by atoms with E-state index in [1.54, 1.807) is 31.6 Å². The molecule has 0 aliphatic heterocycles. The molecule has 0 N–H and O–H groups in total. The number of hydrogen-bond acceptors (Lipinski definition) is 5. The third-order valence-electron chi connectivity index (χ3n) is 5.27. The molecule has 32 heavy (non-hydrogen) atoms. The Balaban J connectivity index is 1.97. The summed E-state index contributed by atoms with van der Waals surface area (Å²) < 4.78 is 8.78. The van der Waals surface area contributed by atoms with Crippen LogP contribution in [-0.2, 0) is 20.0 Å². The molecule has 0 saturated heterocycles. The normalized spacial score (nSPS) is 11.1. The van der Waals surface area contributed by atoms with Gasteiger partial charge < -0.3 is 4.74 Å². The molecular weight excluding hydrogens is 428 g/mol. The first-order chi connectivity index (χ1) is 15.4. The Morgan fingerprint density at radius 3 is 2.44 bits per heavy atom. The first kappa shape index (κ1) is 21.8. The second kappa shape index (κ2) is 8.96. The van der Waals surface area contributed by atoms with Crippen molar-refractivity contribution < 1.29 is 4.74 Å². The van der Waals surface area contributed by atoms with E-state index in [0.717, 1.165) is 11.3 Å². The summed E-state index contributed by atoms with van der Waals surface area (Å²) in [4.78, 5) is 34.9. The van der Waals surface area contributed by atoms with E-state index in [9.17, 15) is 9.59 Å². The van der Waals surface area contributed by atoms with Gasteiger partial charge in [-0.2, -0.15) is 0 Å². The molecule has 8 heteroatoms. The molecule has 7 nitrogen and oxygen atoms in total. The zero-order valence-electron chi connectivity index (χ0n) is 18.1. The SMILES string of the molecule is CCCn1c(=O)c2c(Cc3ccc(Cl)cc3)c(Oc3ccc(C)nc3)cnc2n(C)c1=O. The summed E-state index contributed by atoms with van der Waals surface area (Å²) >= 11 is 6.05. The topological polar surface area (TPSA) is 79.0 Å². The average Bonchev–Trinajstić information content (AvgIpc) is 2.79. The highest BCUT2D eigenvalue weighted by Crippen LogP contribution is 2.30. The van der Waals surface area contributed by atoms with Gasteiger partial charge in [0.05, 0.1) is 17.8 Å². The third-order valence-corrected chi connectivity index (χ3v) is 5.53. The standard InChI is InChI=1S/C24H23ClN4O3/c1-4-11-29-23(30)21-19(12-16-6-8-17(25)9-7-16)20(14-27-22(21)28(3)24(29)31)32-18-10-5-15(2)26-13-18/h5-10,13-14H,4,11-12H2,1-3H3. The smallest absolute Gasteiger partial charge is 0.332 e. The Bertz CT molecular complexity index is 1390. The Kier molecular flexibility index (Phi) is 6.10. The molecule has 3 aromatic heterocycles. The fourth-order valence-corrected chi connectivity index (χ4v) is 3.75. The summed E-state index contributed by atoms with van der Waals surface area (Å²) in [6.45, 7) is 4.14. The number of ether oxygens (including phenoxy) is 1. The molecule has 4 rings (SSSR count). The molecule has 0 aliphatic rings. The second-order valence-electron chi connectivity index (χ2n) is 7.64. The molecule has 3 heterocycles. The highest BCUT2D eigenvalue weighted by molar-refractivity contribution is 6.30. The molecule has 0 unspecified atom stereocenters. The van der Waals surface area contributed by atoms with Gasteiger partial charge in [-0.15, -0.1) is 0 Å². The Hall–Kier alpha value is -3.45. The van der Waals surface area contributed by atoms with Crippen molar-refractivity contribution in [3.63, 3.8) is 0 Å². The van der Waals surface area contributed by atoms with Crippen molar-refractivity contribution in [2.75, 3.05) is 0 Å². The maximum Gasteiger partial charge on any atom is 0.332 e. The van der Waals surface area contributed by atoms with E-state index < -0.39 is 0 Å². The number of pyridine rings is 2. The molecule has 164 valence electrons. The molecule has 0 radical (unpaired) electrons. The van der Waals surface area contributed by atoms with Crippen molar-refractivity contribution in [3.8, 4) is 11.5 Å². The van der Waals surface area contributed by atoms with Crippen molar-refractivity contribution >= 4 is 22.6 Å². The zero-order chi connectivity index (χ0) is 22.8. The van der Waals surface area contributed by atoms with Gasteiger partial charge in [0.25, 0.3) is 5.56 Å². The maximum absolute atomic E-state index is 13.4. The quantitative estimate of drug-likeness (QED) is 0.439. The van der Waals surface area contributed by atoms with Crippen LogP contribution < -0.4 is 16.0 Å². The summed E-state index contributed by atoms with van der Waals surface area (Å²) in [6, 6.07) is 11.1. The van der Waals surface area contributed by atoms with Crippen LogP contribution in [0.5, 0.6) is 11.5 Å². The first-order valence-corrected chi connectivity index (χ1v) is 10.7. The average molecular weight is 451 g/mol. The summed E-state index contributed by atoms with van der Waals surface area (Å²) in [5.41, 5.74) is 2.05. The molecular formula is C24H23ClN4O3. The van der Waals surface area contributed by atoms with E-state index in [0.29, 0.717) is 52.5 Å². The summed E-state index contributed by atoms with van der Waals surface area (Å²) in [7, 11) is 1.62. The monoisotopic (exact) mass is 450 g/mol. The van der Waals surface area contributed by atoms with Crippen LogP contribution in [0.25, 0.3) is 11.0 Å². The summed E-state index contributed by atoms with van der Waals surface area (Å²) in [5, 5.41) is 0.997. The van der Waals surface area contributed by atoms with Crippen LogP contribution in [0.4, 0.5) is 0 Å². The molecule has 0 atom stereocenters. The minimum atomic E-state index is -0.384. The minimum absolute atomic E-state index is 0.325. The molecule has 0 spiro atoms. The molecule has 0 aliphatic carbocycles. The number of nitrogens with zero attached hydrogens (tertiary/aromatic N) is 4. The number of fused-ring (bicyclic) bond motifs is 1. The molecule has 4 aromatic rings. The highest BCUT2D eigenvalue weighted by atomic mass is 35.5. The van der Waals surface area contributed by atoms with Crippen LogP contribution >= 0.6 is 11.6 Å². The number of aryl methyl sites for hydroxylation is 2. The number of aromatic nitrogens is 4. The zero-order valence-corrected chi connectivity index (χ0v) is 18.9. The van der Waals surface area contributed by atoms with Gasteiger partial charge in [-0.1, -0.05) is 30.7 Å². The van der Waals surface area contributed by atoms with Crippen LogP contribution in [0.1, 0.15) is 30.2 Å². The van der Waals surface area contributed by atoms with Crippen LogP contribution in [0.2, 0.25) is 5.02 Å². The van der Waals surface area contributed by atoms with E-state index >= 15 is 0 Å². The molecule has 0 bridgehead atoms. The van der Waals surface area contributed by atoms with E-state index in [2.05, 4.69) is 9.97 Å². The van der Waals surface area contributed by atoms with Crippen molar-refractivity contribution in [2.24, 2.45) is 7.05 Å². The van der Waals surface area contributed by atoms with Crippen LogP contribution in [0.3, 0.4) is 0 Å². The predicted molar refractivity (Wildman–Crippen MR) is 125 cm³/mol. The summed E-state index contributed by atoms with van der Waals surface area (Å²) in [5.74, 6) is 0.977. The van der Waals surface area contributed by atoms with Crippen molar-refractivity contribution in [3.05, 3.63) is 91.5 Å². The Morgan fingerprint density at radius 2 is 1.78 bits per heavy atom. The Labute approximate surface area is 189 Å². The van der Waals surface area contributed by atoms with Crippen LogP contribution in [0, 0.1) is 6.92 Å². The van der Waals surface area contributed by atoms with Gasteiger partial charge in [-0.05, 0) is 43.2 Å².